The van der Waals surface area contributed by atoms with Gasteiger partial charge in [0.15, 0.2) is 0 Å². The Bertz CT molecular complexity index is 346. The van der Waals surface area contributed by atoms with Crippen LogP contribution in [-0.2, 0) is 11.2 Å². The molecule has 1 aromatic carbocycles. The Balaban J connectivity index is 2.72. The van der Waals surface area contributed by atoms with Crippen LogP contribution in [0.25, 0.3) is 0 Å². The zero-order valence-electron chi connectivity index (χ0n) is 10.0. The number of amides is 1. The fourth-order valence-electron chi connectivity index (χ4n) is 1.40. The van der Waals surface area contributed by atoms with Gasteiger partial charge in [-0.1, -0.05) is 31.2 Å². The standard InChI is InChI=1S/C12H19N3O/c1-4-9-5-7-10(8-6-9)11(13)12(16)14-15(2)3/h5-8,11H,4,13H2,1-3H3,(H,14,16). The van der Waals surface area contributed by atoms with E-state index in [1.54, 1.807) is 19.1 Å². The van der Waals surface area contributed by atoms with Crippen LogP contribution in [0.15, 0.2) is 24.3 Å². The fraction of sp³-hybridized carbons (Fsp3) is 0.417. The number of nitrogens with two attached hydrogens (primary N) is 1. The van der Waals surface area contributed by atoms with Crippen molar-refractivity contribution in [1.29, 1.82) is 0 Å². The van der Waals surface area contributed by atoms with Crippen LogP contribution >= 0.6 is 0 Å². The van der Waals surface area contributed by atoms with E-state index in [9.17, 15) is 4.79 Å². The molecule has 0 aromatic heterocycles. The number of hydrogen-bond acceptors (Lipinski definition) is 3. The van der Waals surface area contributed by atoms with Crippen molar-refractivity contribution in [2.24, 2.45) is 5.73 Å². The van der Waals surface area contributed by atoms with E-state index in [1.807, 2.05) is 24.3 Å². The van der Waals surface area contributed by atoms with Crippen molar-refractivity contribution in [3.63, 3.8) is 0 Å². The first kappa shape index (κ1) is 12.7. The van der Waals surface area contributed by atoms with Crippen LogP contribution in [0.5, 0.6) is 0 Å². The lowest BCUT2D eigenvalue weighted by atomic mass is 10.0. The smallest absolute Gasteiger partial charge is 0.255 e. The summed E-state index contributed by atoms with van der Waals surface area (Å²) in [4.78, 5) is 11.6. The van der Waals surface area contributed by atoms with Crippen LogP contribution in [0.4, 0.5) is 0 Å². The first-order valence-corrected chi connectivity index (χ1v) is 5.36. The van der Waals surface area contributed by atoms with E-state index in [0.717, 1.165) is 12.0 Å². The molecule has 1 atom stereocenters. The van der Waals surface area contributed by atoms with Crippen molar-refractivity contribution < 1.29 is 4.79 Å². The maximum absolute atomic E-state index is 11.6. The summed E-state index contributed by atoms with van der Waals surface area (Å²) >= 11 is 0. The Morgan fingerprint density at radius 1 is 1.38 bits per heavy atom. The van der Waals surface area contributed by atoms with E-state index < -0.39 is 6.04 Å². The molecule has 1 unspecified atom stereocenters. The third-order valence-corrected chi connectivity index (χ3v) is 2.36. The second-order valence-corrected chi connectivity index (χ2v) is 3.94. The molecule has 1 rings (SSSR count). The third kappa shape index (κ3) is 3.32. The minimum absolute atomic E-state index is 0.200. The average molecular weight is 221 g/mol. The van der Waals surface area contributed by atoms with Gasteiger partial charge < -0.3 is 5.73 Å². The molecular weight excluding hydrogens is 202 g/mol. The van der Waals surface area contributed by atoms with Crippen molar-refractivity contribution in [3.05, 3.63) is 35.4 Å². The Hall–Kier alpha value is -1.39. The van der Waals surface area contributed by atoms with Gasteiger partial charge in [0.2, 0.25) is 0 Å². The molecule has 4 heteroatoms. The monoisotopic (exact) mass is 221 g/mol. The summed E-state index contributed by atoms with van der Waals surface area (Å²) < 4.78 is 0. The summed E-state index contributed by atoms with van der Waals surface area (Å²) in [5, 5.41) is 1.59. The second-order valence-electron chi connectivity index (χ2n) is 3.94. The third-order valence-electron chi connectivity index (χ3n) is 2.36. The van der Waals surface area contributed by atoms with Crippen molar-refractivity contribution in [2.75, 3.05) is 14.1 Å². The summed E-state index contributed by atoms with van der Waals surface area (Å²) in [6.45, 7) is 2.09. The van der Waals surface area contributed by atoms with E-state index >= 15 is 0 Å². The SMILES string of the molecule is CCc1ccc(C(N)C(=O)NN(C)C)cc1. The summed E-state index contributed by atoms with van der Waals surface area (Å²) in [5.74, 6) is -0.200. The lowest BCUT2D eigenvalue weighted by molar-refractivity contribution is -0.126. The highest BCUT2D eigenvalue weighted by molar-refractivity contribution is 5.82. The molecule has 0 aliphatic carbocycles. The summed E-state index contributed by atoms with van der Waals surface area (Å²) in [7, 11) is 3.51. The van der Waals surface area contributed by atoms with Gasteiger partial charge in [0.05, 0.1) is 0 Å². The van der Waals surface area contributed by atoms with Crippen LogP contribution in [-0.4, -0.2) is 25.0 Å². The van der Waals surface area contributed by atoms with E-state index in [1.165, 1.54) is 5.56 Å². The molecule has 0 saturated heterocycles. The molecule has 0 bridgehead atoms. The number of hydrazine groups is 1. The van der Waals surface area contributed by atoms with Gasteiger partial charge in [0.25, 0.3) is 5.91 Å². The molecule has 1 amide bonds. The predicted octanol–water partition coefficient (Wildman–Crippen LogP) is 0.842. The van der Waals surface area contributed by atoms with E-state index in [0.29, 0.717) is 0 Å². The molecule has 0 aliphatic rings. The molecule has 88 valence electrons. The highest BCUT2D eigenvalue weighted by Gasteiger charge is 2.15. The van der Waals surface area contributed by atoms with Crippen LogP contribution in [0.1, 0.15) is 24.1 Å². The Labute approximate surface area is 96.4 Å². The van der Waals surface area contributed by atoms with Gasteiger partial charge in [-0.3, -0.25) is 10.2 Å². The molecule has 0 heterocycles. The second kappa shape index (κ2) is 5.63. The normalized spacial score (nSPS) is 12.6. The van der Waals surface area contributed by atoms with Crippen LogP contribution in [0.2, 0.25) is 0 Å². The van der Waals surface area contributed by atoms with Crippen LogP contribution in [0, 0.1) is 0 Å². The first-order valence-electron chi connectivity index (χ1n) is 5.36. The first-order chi connectivity index (χ1) is 7.54. The molecule has 1 aromatic rings. The molecule has 0 aliphatic heterocycles. The zero-order chi connectivity index (χ0) is 12.1. The maximum Gasteiger partial charge on any atom is 0.255 e. The molecular formula is C12H19N3O. The summed E-state index contributed by atoms with van der Waals surface area (Å²) in [6.07, 6.45) is 0.986. The van der Waals surface area contributed by atoms with Crippen molar-refractivity contribution >= 4 is 5.91 Å². The van der Waals surface area contributed by atoms with E-state index in [2.05, 4.69) is 12.3 Å². The van der Waals surface area contributed by atoms with Gasteiger partial charge in [0, 0.05) is 14.1 Å². The Morgan fingerprint density at radius 3 is 2.38 bits per heavy atom. The number of benzene rings is 1. The number of carbonyl (C=O) groups is 1. The lowest BCUT2D eigenvalue weighted by Gasteiger charge is -2.16. The molecule has 0 saturated carbocycles. The zero-order valence-corrected chi connectivity index (χ0v) is 10.0. The molecule has 0 radical (unpaired) electrons. The number of rotatable bonds is 4. The topological polar surface area (TPSA) is 58.4 Å². The quantitative estimate of drug-likeness (QED) is 0.741. The molecule has 0 spiro atoms. The maximum atomic E-state index is 11.6. The van der Waals surface area contributed by atoms with Crippen LogP contribution in [0.3, 0.4) is 0 Å². The summed E-state index contributed by atoms with van der Waals surface area (Å²) in [5.41, 5.74) is 10.5. The molecule has 0 fully saturated rings. The highest BCUT2D eigenvalue weighted by Crippen LogP contribution is 2.12. The Kier molecular flexibility index (Phi) is 4.46. The van der Waals surface area contributed by atoms with Gasteiger partial charge in [-0.15, -0.1) is 0 Å². The largest absolute Gasteiger partial charge is 0.316 e. The summed E-state index contributed by atoms with van der Waals surface area (Å²) in [6, 6.07) is 7.18. The lowest BCUT2D eigenvalue weighted by Crippen LogP contribution is -2.41. The number of nitrogens with one attached hydrogen (secondary N) is 1. The van der Waals surface area contributed by atoms with Gasteiger partial charge >= 0.3 is 0 Å². The van der Waals surface area contributed by atoms with Gasteiger partial charge in [-0.2, -0.15) is 0 Å². The molecule has 3 N–H and O–H groups in total. The fourth-order valence-corrected chi connectivity index (χ4v) is 1.40. The minimum atomic E-state index is -0.617. The van der Waals surface area contributed by atoms with Gasteiger partial charge in [-0.05, 0) is 17.5 Å². The molecule has 4 nitrogen and oxygen atoms in total. The van der Waals surface area contributed by atoms with Gasteiger partial charge in [-0.25, -0.2) is 5.01 Å². The highest BCUT2D eigenvalue weighted by atomic mass is 16.2. The molecule has 16 heavy (non-hydrogen) atoms. The minimum Gasteiger partial charge on any atom is -0.316 e. The van der Waals surface area contributed by atoms with E-state index in [-0.39, 0.29) is 5.91 Å². The predicted molar refractivity (Wildman–Crippen MR) is 64.6 cm³/mol. The number of aryl methyl sites for hydroxylation is 1. The van der Waals surface area contributed by atoms with Gasteiger partial charge in [0.1, 0.15) is 6.04 Å². The number of hydrogen-bond donors (Lipinski definition) is 2. The van der Waals surface area contributed by atoms with Crippen molar-refractivity contribution in [1.82, 2.24) is 10.4 Å². The average Bonchev–Trinajstić information content (AvgIpc) is 2.27. The number of nitrogens with zero attached hydrogens (tertiary/aromatic N) is 1. The van der Waals surface area contributed by atoms with Crippen molar-refractivity contribution in [2.45, 2.75) is 19.4 Å². The Morgan fingerprint density at radius 2 is 1.94 bits per heavy atom. The van der Waals surface area contributed by atoms with Crippen molar-refractivity contribution in [3.8, 4) is 0 Å². The van der Waals surface area contributed by atoms with E-state index in [4.69, 9.17) is 5.73 Å². The number of carbonyl (C=O) groups excluding carboxylic acids is 1. The van der Waals surface area contributed by atoms with Crippen LogP contribution < -0.4 is 11.2 Å².